The molecule has 0 saturated heterocycles. The number of allylic oxidation sites excluding steroid dienone is 3. The Hall–Kier alpha value is -1.87. The van der Waals surface area contributed by atoms with E-state index in [9.17, 15) is 15.0 Å². The Morgan fingerprint density at radius 2 is 2.04 bits per heavy atom. The summed E-state index contributed by atoms with van der Waals surface area (Å²) in [6.45, 7) is 9.21. The van der Waals surface area contributed by atoms with Crippen molar-refractivity contribution in [3.8, 4) is 11.8 Å². The summed E-state index contributed by atoms with van der Waals surface area (Å²) in [6.07, 6.45) is 1.06. The summed E-state index contributed by atoms with van der Waals surface area (Å²) in [4.78, 5) is 11.3. The Morgan fingerprint density at radius 1 is 1.38 bits per heavy atom. The summed E-state index contributed by atoms with van der Waals surface area (Å²) in [5, 5.41) is 20.3. The predicted molar refractivity (Wildman–Crippen MR) is 92.0 cm³/mol. The van der Waals surface area contributed by atoms with Gasteiger partial charge in [-0.1, -0.05) is 30.1 Å². The van der Waals surface area contributed by atoms with Crippen LogP contribution in [0, 0.1) is 11.8 Å². The maximum atomic E-state index is 11.3. The van der Waals surface area contributed by atoms with Crippen LogP contribution in [-0.2, 0) is 14.3 Å². The van der Waals surface area contributed by atoms with E-state index < -0.39 is 30.4 Å². The minimum atomic E-state index is -1.19. The molecule has 5 nitrogen and oxygen atoms in total. The average molecular weight is 334 g/mol. The molecule has 0 bridgehead atoms. The van der Waals surface area contributed by atoms with Crippen LogP contribution in [0.5, 0.6) is 0 Å². The number of methoxy groups -OCH3 is 1. The van der Waals surface area contributed by atoms with E-state index in [2.05, 4.69) is 24.5 Å². The quantitative estimate of drug-likeness (QED) is 0.456. The fourth-order valence-corrected chi connectivity index (χ4v) is 2.39. The van der Waals surface area contributed by atoms with Crippen molar-refractivity contribution in [2.75, 3.05) is 7.11 Å². The molecular weight excluding hydrogens is 308 g/mol. The molecular formula is C19H26O5. The van der Waals surface area contributed by atoms with Crippen molar-refractivity contribution in [3.63, 3.8) is 0 Å². The van der Waals surface area contributed by atoms with Gasteiger partial charge in [-0.25, -0.2) is 0 Å². The summed E-state index contributed by atoms with van der Waals surface area (Å²) in [6, 6.07) is 0. The number of rotatable bonds is 5. The van der Waals surface area contributed by atoms with Crippen LogP contribution < -0.4 is 0 Å². The molecule has 24 heavy (non-hydrogen) atoms. The molecule has 0 aromatic heterocycles. The van der Waals surface area contributed by atoms with Gasteiger partial charge in [0.25, 0.3) is 0 Å². The van der Waals surface area contributed by atoms with Crippen LogP contribution in [0.2, 0.25) is 0 Å². The average Bonchev–Trinajstić information content (AvgIpc) is 2.48. The van der Waals surface area contributed by atoms with Gasteiger partial charge in [-0.15, -0.1) is 0 Å². The molecule has 1 aliphatic rings. The number of aliphatic hydroxyl groups is 2. The van der Waals surface area contributed by atoms with Gasteiger partial charge in [0.1, 0.15) is 18.3 Å². The standard InChI is InChI=1S/C19H26O5/c1-12(2)7-6-8-13(3)9-10-15-11-16(21)19(23-5)17(22)18(15)24-14(4)20/h7,11,16-19,21-22H,3,6,8H2,1-2,4-5H3/t16-,17-,18-,19-/m1/s1. The van der Waals surface area contributed by atoms with E-state index in [0.29, 0.717) is 5.57 Å². The molecule has 1 aliphatic carbocycles. The van der Waals surface area contributed by atoms with Crippen molar-refractivity contribution in [1.82, 2.24) is 0 Å². The van der Waals surface area contributed by atoms with Gasteiger partial charge in [0.05, 0.1) is 0 Å². The van der Waals surface area contributed by atoms with Gasteiger partial charge in [0.2, 0.25) is 0 Å². The fraction of sp³-hybridized carbons (Fsp3) is 0.526. The van der Waals surface area contributed by atoms with E-state index in [1.165, 1.54) is 25.7 Å². The van der Waals surface area contributed by atoms with Crippen molar-refractivity contribution in [1.29, 1.82) is 0 Å². The van der Waals surface area contributed by atoms with Crippen molar-refractivity contribution < 1.29 is 24.5 Å². The zero-order valence-corrected chi connectivity index (χ0v) is 14.7. The number of hydrogen-bond acceptors (Lipinski definition) is 5. The highest BCUT2D eigenvalue weighted by Crippen LogP contribution is 2.25. The first-order chi connectivity index (χ1) is 11.3. The highest BCUT2D eigenvalue weighted by atomic mass is 16.6. The smallest absolute Gasteiger partial charge is 0.303 e. The number of carbonyl (C=O) groups is 1. The molecule has 0 unspecified atom stereocenters. The first-order valence-electron chi connectivity index (χ1n) is 7.87. The molecule has 4 atom stereocenters. The van der Waals surface area contributed by atoms with Crippen LogP contribution in [-0.4, -0.2) is 47.7 Å². The third-order valence-electron chi connectivity index (χ3n) is 3.59. The third-order valence-corrected chi connectivity index (χ3v) is 3.59. The van der Waals surface area contributed by atoms with E-state index in [-0.39, 0.29) is 0 Å². The highest BCUT2D eigenvalue weighted by Gasteiger charge is 2.40. The zero-order valence-electron chi connectivity index (χ0n) is 14.7. The summed E-state index contributed by atoms with van der Waals surface area (Å²) >= 11 is 0. The van der Waals surface area contributed by atoms with E-state index in [1.807, 2.05) is 13.8 Å². The Morgan fingerprint density at radius 3 is 2.58 bits per heavy atom. The van der Waals surface area contributed by atoms with Gasteiger partial charge in [-0.05, 0) is 38.3 Å². The van der Waals surface area contributed by atoms with Gasteiger partial charge in [-0.2, -0.15) is 0 Å². The second kappa shape index (κ2) is 9.43. The van der Waals surface area contributed by atoms with Gasteiger partial charge in [0, 0.05) is 19.6 Å². The Balaban J connectivity index is 2.93. The summed E-state index contributed by atoms with van der Waals surface area (Å²) < 4.78 is 10.2. The van der Waals surface area contributed by atoms with Gasteiger partial charge >= 0.3 is 5.97 Å². The Labute approximate surface area is 143 Å². The Bertz CT molecular complexity index is 587. The molecule has 5 heteroatoms. The number of ether oxygens (including phenoxy) is 2. The minimum Gasteiger partial charge on any atom is -0.454 e. The molecule has 0 radical (unpaired) electrons. The molecule has 132 valence electrons. The van der Waals surface area contributed by atoms with Crippen LogP contribution in [0.4, 0.5) is 0 Å². The summed E-state index contributed by atoms with van der Waals surface area (Å²) in [7, 11) is 1.37. The largest absolute Gasteiger partial charge is 0.454 e. The lowest BCUT2D eigenvalue weighted by molar-refractivity contribution is -0.160. The monoisotopic (exact) mass is 334 g/mol. The minimum absolute atomic E-state index is 0.349. The van der Waals surface area contributed by atoms with E-state index >= 15 is 0 Å². The maximum Gasteiger partial charge on any atom is 0.303 e. The van der Waals surface area contributed by atoms with Crippen molar-refractivity contribution in [2.24, 2.45) is 0 Å². The van der Waals surface area contributed by atoms with Crippen LogP contribution in [0.1, 0.15) is 33.6 Å². The molecule has 0 aromatic carbocycles. The van der Waals surface area contributed by atoms with Crippen LogP contribution in [0.3, 0.4) is 0 Å². The normalized spacial score (nSPS) is 25.8. The molecule has 0 aliphatic heterocycles. The van der Waals surface area contributed by atoms with Crippen LogP contribution >= 0.6 is 0 Å². The number of carbonyl (C=O) groups excluding carboxylic acids is 1. The van der Waals surface area contributed by atoms with Gasteiger partial charge in [0.15, 0.2) is 6.10 Å². The topological polar surface area (TPSA) is 76.0 Å². The van der Waals surface area contributed by atoms with Gasteiger partial charge in [-0.3, -0.25) is 4.79 Å². The van der Waals surface area contributed by atoms with Crippen LogP contribution in [0.15, 0.2) is 35.5 Å². The number of hydrogen-bond donors (Lipinski definition) is 2. The molecule has 0 spiro atoms. The highest BCUT2D eigenvalue weighted by molar-refractivity contribution is 5.67. The lowest BCUT2D eigenvalue weighted by atomic mass is 9.89. The summed E-state index contributed by atoms with van der Waals surface area (Å²) in [5.74, 6) is 5.22. The molecule has 0 amide bonds. The second-order valence-corrected chi connectivity index (χ2v) is 6.01. The predicted octanol–water partition coefficient (Wildman–Crippen LogP) is 1.90. The van der Waals surface area contributed by atoms with E-state index in [1.54, 1.807) is 0 Å². The fourth-order valence-electron chi connectivity index (χ4n) is 2.39. The van der Waals surface area contributed by atoms with Crippen molar-refractivity contribution in [3.05, 3.63) is 35.5 Å². The SMILES string of the molecule is C=C(C#CC1=C[C@@H](O)[C@@H](OC)[C@H](O)[C@@H]1OC(C)=O)CCC=C(C)C. The van der Waals surface area contributed by atoms with E-state index in [0.717, 1.165) is 18.4 Å². The van der Waals surface area contributed by atoms with Crippen molar-refractivity contribution >= 4 is 5.97 Å². The molecule has 0 saturated carbocycles. The zero-order chi connectivity index (χ0) is 18.3. The first kappa shape index (κ1) is 20.2. The molecule has 0 aromatic rings. The molecule has 2 N–H and O–H groups in total. The maximum absolute atomic E-state index is 11.3. The number of esters is 1. The Kier molecular flexibility index (Phi) is 7.93. The number of aliphatic hydroxyl groups excluding tert-OH is 2. The van der Waals surface area contributed by atoms with Crippen LogP contribution in [0.25, 0.3) is 0 Å². The van der Waals surface area contributed by atoms with Crippen molar-refractivity contribution in [2.45, 2.75) is 58.0 Å². The van der Waals surface area contributed by atoms with E-state index in [4.69, 9.17) is 9.47 Å². The first-order valence-corrected chi connectivity index (χ1v) is 7.87. The lowest BCUT2D eigenvalue weighted by Gasteiger charge is -2.34. The molecule has 1 rings (SSSR count). The second-order valence-electron chi connectivity index (χ2n) is 6.01. The molecule has 0 fully saturated rings. The molecule has 0 heterocycles. The lowest BCUT2D eigenvalue weighted by Crippen LogP contribution is -2.50. The summed E-state index contributed by atoms with van der Waals surface area (Å²) in [5.41, 5.74) is 2.31. The van der Waals surface area contributed by atoms with Gasteiger partial charge < -0.3 is 19.7 Å². The third kappa shape index (κ3) is 5.97.